The predicted molar refractivity (Wildman–Crippen MR) is 55.5 cm³/mol. The number of rotatable bonds is 3. The molecule has 0 saturated heterocycles. The summed E-state index contributed by atoms with van der Waals surface area (Å²) in [6.45, 7) is 0. The van der Waals surface area contributed by atoms with Crippen LogP contribution in [0.2, 0.25) is 10.3 Å². The van der Waals surface area contributed by atoms with Gasteiger partial charge in [0, 0.05) is 0 Å². The standard InChI is InChI=1S/C9H7Cl2NO2/c10-7-4-6(5-8(11)12-7)2-1-3-9(13)14/h1-2,4-5H,3H2,(H,13,14). The first-order valence-corrected chi connectivity index (χ1v) is 4.55. The van der Waals surface area contributed by atoms with Crippen LogP contribution >= 0.6 is 23.2 Å². The van der Waals surface area contributed by atoms with Crippen LogP contribution in [0.15, 0.2) is 18.2 Å². The van der Waals surface area contributed by atoms with E-state index in [-0.39, 0.29) is 16.7 Å². The number of carbonyl (C=O) groups is 1. The zero-order chi connectivity index (χ0) is 10.6. The molecule has 0 aliphatic heterocycles. The number of halogens is 2. The van der Waals surface area contributed by atoms with Gasteiger partial charge in [0.25, 0.3) is 0 Å². The number of nitrogens with zero attached hydrogens (tertiary/aromatic N) is 1. The monoisotopic (exact) mass is 231 g/mol. The van der Waals surface area contributed by atoms with Crippen molar-refractivity contribution in [2.75, 3.05) is 0 Å². The smallest absolute Gasteiger partial charge is 0.307 e. The summed E-state index contributed by atoms with van der Waals surface area (Å²) in [6.07, 6.45) is 3.12. The third-order valence-corrected chi connectivity index (χ3v) is 1.78. The maximum absolute atomic E-state index is 10.2. The summed E-state index contributed by atoms with van der Waals surface area (Å²) in [6, 6.07) is 3.21. The Morgan fingerprint density at radius 2 is 2.00 bits per heavy atom. The summed E-state index contributed by atoms with van der Waals surface area (Å²) in [5.74, 6) is -0.882. The summed E-state index contributed by atoms with van der Waals surface area (Å²) in [5, 5.41) is 8.95. The molecule has 5 heteroatoms. The molecule has 0 atom stereocenters. The van der Waals surface area contributed by atoms with E-state index >= 15 is 0 Å². The Hall–Kier alpha value is -1.06. The van der Waals surface area contributed by atoms with E-state index in [1.807, 2.05) is 0 Å². The number of pyridine rings is 1. The van der Waals surface area contributed by atoms with Crippen molar-refractivity contribution in [3.05, 3.63) is 34.1 Å². The lowest BCUT2D eigenvalue weighted by molar-refractivity contribution is -0.135. The molecule has 0 unspecified atom stereocenters. The molecule has 3 nitrogen and oxygen atoms in total. The molecule has 0 amide bonds. The van der Waals surface area contributed by atoms with E-state index in [9.17, 15) is 4.79 Å². The molecule has 0 bridgehead atoms. The first kappa shape index (κ1) is 11.0. The van der Waals surface area contributed by atoms with Crippen LogP contribution in [0, 0.1) is 0 Å². The van der Waals surface area contributed by atoms with Gasteiger partial charge in [-0.3, -0.25) is 4.79 Å². The number of aromatic nitrogens is 1. The molecule has 1 rings (SSSR count). The summed E-state index contributed by atoms with van der Waals surface area (Å²) < 4.78 is 0. The third kappa shape index (κ3) is 3.77. The maximum atomic E-state index is 10.2. The van der Waals surface area contributed by atoms with Crippen molar-refractivity contribution in [2.45, 2.75) is 6.42 Å². The first-order valence-electron chi connectivity index (χ1n) is 3.79. The molecule has 0 aliphatic carbocycles. The largest absolute Gasteiger partial charge is 0.481 e. The second kappa shape index (κ2) is 4.98. The van der Waals surface area contributed by atoms with Crippen molar-refractivity contribution < 1.29 is 9.90 Å². The Morgan fingerprint density at radius 3 is 2.50 bits per heavy atom. The van der Waals surface area contributed by atoms with Gasteiger partial charge in [0.05, 0.1) is 6.42 Å². The predicted octanol–water partition coefficient (Wildman–Crippen LogP) is 2.88. The molecule has 74 valence electrons. The molecule has 1 aromatic rings. The Balaban J connectivity index is 2.76. The average Bonchev–Trinajstić information content (AvgIpc) is 2.01. The number of aliphatic carboxylic acids is 1. The fraction of sp³-hybridized carbons (Fsp3) is 0.111. The molecular weight excluding hydrogens is 225 g/mol. The van der Waals surface area contributed by atoms with Crippen molar-refractivity contribution in [1.29, 1.82) is 0 Å². The third-order valence-electron chi connectivity index (χ3n) is 1.39. The van der Waals surface area contributed by atoms with Crippen molar-refractivity contribution in [1.82, 2.24) is 4.98 Å². The summed E-state index contributed by atoms with van der Waals surface area (Å²) in [7, 11) is 0. The SMILES string of the molecule is O=C(O)CC=Cc1cc(Cl)nc(Cl)c1. The van der Waals surface area contributed by atoms with Gasteiger partial charge in [-0.1, -0.05) is 35.4 Å². The van der Waals surface area contributed by atoms with Crippen LogP contribution in [0.5, 0.6) is 0 Å². The highest BCUT2D eigenvalue weighted by Crippen LogP contribution is 2.15. The van der Waals surface area contributed by atoms with Gasteiger partial charge < -0.3 is 5.11 Å². The van der Waals surface area contributed by atoms with Crippen LogP contribution in [0.4, 0.5) is 0 Å². The quantitative estimate of drug-likeness (QED) is 0.815. The molecule has 0 spiro atoms. The van der Waals surface area contributed by atoms with Crippen LogP contribution in [0.25, 0.3) is 6.08 Å². The second-order valence-corrected chi connectivity index (χ2v) is 3.32. The molecule has 1 heterocycles. The van der Waals surface area contributed by atoms with E-state index in [0.717, 1.165) is 5.56 Å². The number of hydrogen-bond donors (Lipinski definition) is 1. The lowest BCUT2D eigenvalue weighted by Gasteiger charge is -1.95. The molecule has 1 N–H and O–H groups in total. The Labute approximate surface area is 91.0 Å². The van der Waals surface area contributed by atoms with Crippen LogP contribution < -0.4 is 0 Å². The van der Waals surface area contributed by atoms with Gasteiger partial charge in [0.15, 0.2) is 0 Å². The molecule has 0 aliphatic rings. The lowest BCUT2D eigenvalue weighted by Crippen LogP contribution is -1.89. The molecule has 0 radical (unpaired) electrons. The first-order chi connectivity index (χ1) is 6.58. The molecule has 14 heavy (non-hydrogen) atoms. The van der Waals surface area contributed by atoms with E-state index < -0.39 is 5.97 Å². The topological polar surface area (TPSA) is 50.2 Å². The van der Waals surface area contributed by atoms with Gasteiger partial charge in [-0.2, -0.15) is 0 Å². The molecule has 0 aromatic carbocycles. The minimum atomic E-state index is -0.882. The Bertz CT molecular complexity index is 357. The van der Waals surface area contributed by atoms with E-state index in [1.54, 1.807) is 18.2 Å². The summed E-state index contributed by atoms with van der Waals surface area (Å²) >= 11 is 11.3. The van der Waals surface area contributed by atoms with Crippen molar-refractivity contribution in [2.24, 2.45) is 0 Å². The second-order valence-electron chi connectivity index (χ2n) is 2.55. The molecule has 1 aromatic heterocycles. The molecular formula is C9H7Cl2NO2. The highest BCUT2D eigenvalue weighted by Gasteiger charge is 1.96. The van der Waals surface area contributed by atoms with Crippen LogP contribution in [-0.2, 0) is 4.79 Å². The van der Waals surface area contributed by atoms with Crippen molar-refractivity contribution in [3.8, 4) is 0 Å². The normalized spacial score (nSPS) is 10.7. The van der Waals surface area contributed by atoms with E-state index in [0.29, 0.717) is 0 Å². The fourth-order valence-electron chi connectivity index (χ4n) is 0.875. The van der Waals surface area contributed by atoms with Gasteiger partial charge in [-0.15, -0.1) is 0 Å². The van der Waals surface area contributed by atoms with Crippen LogP contribution in [0.3, 0.4) is 0 Å². The molecule has 0 fully saturated rings. The van der Waals surface area contributed by atoms with Gasteiger partial charge in [0.1, 0.15) is 10.3 Å². The van der Waals surface area contributed by atoms with Gasteiger partial charge >= 0.3 is 5.97 Å². The zero-order valence-corrected chi connectivity index (χ0v) is 8.59. The van der Waals surface area contributed by atoms with Gasteiger partial charge in [-0.25, -0.2) is 4.98 Å². The fourth-order valence-corrected chi connectivity index (χ4v) is 1.35. The highest BCUT2D eigenvalue weighted by molar-refractivity contribution is 6.32. The molecule has 0 saturated carbocycles. The maximum Gasteiger partial charge on any atom is 0.307 e. The van der Waals surface area contributed by atoms with E-state index in [2.05, 4.69) is 4.98 Å². The van der Waals surface area contributed by atoms with Crippen LogP contribution in [0.1, 0.15) is 12.0 Å². The minimum Gasteiger partial charge on any atom is -0.481 e. The summed E-state index contributed by atoms with van der Waals surface area (Å²) in [5.41, 5.74) is 0.733. The Morgan fingerprint density at radius 1 is 1.43 bits per heavy atom. The van der Waals surface area contributed by atoms with Gasteiger partial charge in [0.2, 0.25) is 0 Å². The van der Waals surface area contributed by atoms with Gasteiger partial charge in [-0.05, 0) is 17.7 Å². The number of hydrogen-bond acceptors (Lipinski definition) is 2. The van der Waals surface area contributed by atoms with Crippen molar-refractivity contribution >= 4 is 35.2 Å². The highest BCUT2D eigenvalue weighted by atomic mass is 35.5. The van der Waals surface area contributed by atoms with Crippen LogP contribution in [-0.4, -0.2) is 16.1 Å². The summed E-state index contributed by atoms with van der Waals surface area (Å²) in [4.78, 5) is 14.0. The Kier molecular flexibility index (Phi) is 3.92. The zero-order valence-electron chi connectivity index (χ0n) is 7.08. The number of carboxylic acids is 1. The lowest BCUT2D eigenvalue weighted by atomic mass is 10.2. The number of carboxylic acid groups (broad SMARTS) is 1. The minimum absolute atomic E-state index is 0.0302. The van der Waals surface area contributed by atoms with Crippen molar-refractivity contribution in [3.63, 3.8) is 0 Å². The average molecular weight is 232 g/mol. The van der Waals surface area contributed by atoms with E-state index in [4.69, 9.17) is 28.3 Å². The van der Waals surface area contributed by atoms with E-state index in [1.165, 1.54) is 6.08 Å².